The minimum atomic E-state index is -3.21. The van der Waals surface area contributed by atoms with Crippen LogP contribution in [0, 0.1) is 0 Å². The fraction of sp³-hybridized carbons (Fsp3) is 1.00. The minimum Gasteiger partial charge on any atom is -0.395 e. The number of nitrogens with zero attached hydrogens (tertiary/aromatic N) is 2. The molecule has 0 saturated carbocycles. The van der Waals surface area contributed by atoms with E-state index in [1.807, 2.05) is 0 Å². The van der Waals surface area contributed by atoms with Crippen molar-refractivity contribution in [2.24, 2.45) is 0 Å². The van der Waals surface area contributed by atoms with Gasteiger partial charge in [-0.2, -0.15) is 0 Å². The first-order chi connectivity index (χ1) is 45.4. The van der Waals surface area contributed by atoms with E-state index in [1.165, 1.54) is 334 Å². The van der Waals surface area contributed by atoms with Crippen molar-refractivity contribution in [3.05, 3.63) is 0 Å². The lowest BCUT2D eigenvalue weighted by Gasteiger charge is -2.46. The van der Waals surface area contributed by atoms with Crippen molar-refractivity contribution in [1.29, 1.82) is 0 Å². The smallest absolute Gasteiger partial charge is 0.322 e. The van der Waals surface area contributed by atoms with E-state index in [-0.39, 0.29) is 26.4 Å². The molecule has 0 spiro atoms. The lowest BCUT2D eigenvalue weighted by molar-refractivity contribution is -0.144. The maximum absolute atomic E-state index is 15.4. The molecule has 0 aromatic carbocycles. The van der Waals surface area contributed by atoms with Crippen molar-refractivity contribution in [2.75, 3.05) is 52.6 Å². The second-order valence-corrected chi connectivity index (χ2v) is 30.3. The van der Waals surface area contributed by atoms with E-state index in [1.54, 1.807) is 0 Å². The summed E-state index contributed by atoms with van der Waals surface area (Å²) in [4.78, 5) is 4.23. The average Bonchev–Trinajstić information content (AvgIpc) is 0.855. The van der Waals surface area contributed by atoms with E-state index >= 15 is 4.57 Å². The first kappa shape index (κ1) is 91.9. The van der Waals surface area contributed by atoms with Crippen molar-refractivity contribution in [3.8, 4) is 0 Å². The minimum absolute atomic E-state index is 0.0754. The van der Waals surface area contributed by atoms with Gasteiger partial charge < -0.3 is 20.4 Å². The Morgan fingerprint density at radius 3 is 0.457 bits per heavy atom. The third kappa shape index (κ3) is 58.8. The third-order valence-electron chi connectivity index (χ3n) is 20.9. The topological polar surface area (TPSA) is 123 Å². The summed E-state index contributed by atoms with van der Waals surface area (Å²) in [6, 6.07) is 0. The maximum atomic E-state index is 15.4. The zero-order chi connectivity index (χ0) is 66.9. The molecule has 0 atom stereocenters. The first-order valence-electron chi connectivity index (χ1n) is 42.2. The van der Waals surface area contributed by atoms with Crippen LogP contribution < -0.4 is 0 Å². The molecule has 0 aliphatic rings. The van der Waals surface area contributed by atoms with Gasteiger partial charge in [-0.25, -0.2) is 0 Å². The monoisotopic (exact) mass is 1330 g/mol. The van der Waals surface area contributed by atoms with Gasteiger partial charge in [0.2, 0.25) is 0 Å². The fourth-order valence-corrected chi connectivity index (χ4v) is 16.2. The normalized spacial score (nSPS) is 12.4. The molecule has 0 radical (unpaired) electrons. The van der Waals surface area contributed by atoms with E-state index < -0.39 is 19.7 Å². The van der Waals surface area contributed by atoms with E-state index in [0.29, 0.717) is 51.9 Å². The van der Waals surface area contributed by atoms with Gasteiger partial charge in [-0.05, 0) is 51.4 Å². The molecular weight excluding hydrogens is 1160 g/mol. The summed E-state index contributed by atoms with van der Waals surface area (Å²) in [7, 11) is -3.21. The van der Waals surface area contributed by atoms with Crippen LogP contribution in [0.1, 0.15) is 464 Å². The zero-order valence-corrected chi connectivity index (χ0v) is 64.1. The second kappa shape index (κ2) is 75.1. The second-order valence-electron chi connectivity index (χ2n) is 29.4. The Hall–Kier alpha value is -0.0900. The molecule has 554 valence electrons. The number of unbranched alkanes of at least 4 members (excludes halogenated alkanes) is 60. The molecule has 0 aliphatic carbocycles. The van der Waals surface area contributed by atoms with Gasteiger partial charge in [0.15, 0.2) is 0 Å². The summed E-state index contributed by atoms with van der Waals surface area (Å²) >= 11 is 0. The molecule has 10 heteroatoms. The van der Waals surface area contributed by atoms with E-state index in [4.69, 9.17) is 9.05 Å². The lowest BCUT2D eigenvalue weighted by Crippen LogP contribution is -2.54. The summed E-state index contributed by atoms with van der Waals surface area (Å²) in [5.74, 6) is 0. The highest BCUT2D eigenvalue weighted by Crippen LogP contribution is 2.46. The Morgan fingerprint density at radius 1 is 0.217 bits per heavy atom. The van der Waals surface area contributed by atoms with Crippen LogP contribution >= 0.6 is 8.25 Å². The predicted molar refractivity (Wildman–Crippen MR) is 405 cm³/mol. The van der Waals surface area contributed by atoms with E-state index in [2.05, 4.69) is 37.5 Å². The number of aliphatic hydroxyl groups excluding tert-OH is 4. The van der Waals surface area contributed by atoms with Crippen LogP contribution in [-0.2, 0) is 13.6 Å². The Balaban J connectivity index is 6.32. The van der Waals surface area contributed by atoms with Gasteiger partial charge >= 0.3 is 8.25 Å². The highest BCUT2D eigenvalue weighted by molar-refractivity contribution is 7.33. The molecule has 0 unspecified atom stereocenters. The number of aliphatic hydroxyl groups is 4. The molecule has 0 heterocycles. The van der Waals surface area contributed by atoms with Crippen LogP contribution in [0.2, 0.25) is 0 Å². The van der Waals surface area contributed by atoms with Crippen LogP contribution in [0.15, 0.2) is 0 Å². The van der Waals surface area contributed by atoms with Crippen LogP contribution in [0.4, 0.5) is 0 Å². The van der Waals surface area contributed by atoms with Crippen LogP contribution in [0.3, 0.4) is 0 Å². The molecule has 0 bridgehead atoms. The summed E-state index contributed by atoms with van der Waals surface area (Å²) in [5, 5.41) is 42.7. The summed E-state index contributed by atoms with van der Waals surface area (Å²) < 4.78 is 29.7. The Morgan fingerprint density at radius 2 is 0.337 bits per heavy atom. The Labute approximate surface area is 577 Å². The lowest BCUT2D eigenvalue weighted by atomic mass is 9.94. The van der Waals surface area contributed by atoms with Gasteiger partial charge in [0.25, 0.3) is 0 Å². The highest BCUT2D eigenvalue weighted by Gasteiger charge is 2.43. The average molecular weight is 1330 g/mol. The van der Waals surface area contributed by atoms with Crippen molar-refractivity contribution in [1.82, 2.24) is 9.80 Å². The van der Waals surface area contributed by atoms with Crippen molar-refractivity contribution in [3.63, 3.8) is 0 Å². The third-order valence-corrected chi connectivity index (χ3v) is 22.0. The zero-order valence-electron chi connectivity index (χ0n) is 63.1. The molecule has 0 saturated heterocycles. The van der Waals surface area contributed by atoms with Gasteiger partial charge in [0.1, 0.15) is 11.4 Å². The fourth-order valence-electron chi connectivity index (χ4n) is 14.9. The molecule has 0 aromatic rings. The molecule has 9 nitrogen and oxygen atoms in total. The molecule has 92 heavy (non-hydrogen) atoms. The van der Waals surface area contributed by atoms with Gasteiger partial charge in [-0.15, -0.1) is 0 Å². The quantitative estimate of drug-likeness (QED) is 0.0268. The molecule has 4 N–H and O–H groups in total. The number of hydrogen-bond donors (Lipinski definition) is 4. The predicted octanol–water partition coefficient (Wildman–Crippen LogP) is 26.0. The van der Waals surface area contributed by atoms with Gasteiger partial charge in [-0.1, -0.05) is 413 Å². The highest BCUT2D eigenvalue weighted by atomic mass is 31.1. The van der Waals surface area contributed by atoms with Crippen LogP contribution in [-0.4, -0.2) is 94.3 Å². The van der Waals surface area contributed by atoms with E-state index in [0.717, 1.165) is 77.0 Å². The Kier molecular flexibility index (Phi) is 75.0. The van der Waals surface area contributed by atoms with Crippen molar-refractivity contribution in [2.45, 2.75) is 476 Å². The molecular formula is C82H169N2O7P. The van der Waals surface area contributed by atoms with Crippen LogP contribution in [0.25, 0.3) is 0 Å². The van der Waals surface area contributed by atoms with Crippen LogP contribution in [0.5, 0.6) is 0 Å². The van der Waals surface area contributed by atoms with Crippen molar-refractivity contribution >= 4 is 8.25 Å². The molecule has 0 amide bonds. The van der Waals surface area contributed by atoms with Gasteiger partial charge in [-0.3, -0.25) is 23.4 Å². The maximum Gasteiger partial charge on any atom is 0.322 e. The Bertz CT molecular complexity index is 1230. The molecule has 0 fully saturated rings. The van der Waals surface area contributed by atoms with Crippen molar-refractivity contribution < 1.29 is 34.0 Å². The summed E-state index contributed by atoms with van der Waals surface area (Å²) in [6.45, 7) is 10.2. The summed E-state index contributed by atoms with van der Waals surface area (Å²) in [6.07, 6.45) is 85.7. The molecule has 0 aromatic heterocycles. The van der Waals surface area contributed by atoms with Gasteiger partial charge in [0.05, 0.1) is 26.4 Å². The SMILES string of the molecule is CCCCCCCCCCCCCCCCCCC(CCCCCCCCCCCCCCCCCC)(O[PH](=O)OC(CCCCCCCCCCCCCCCCCC)(CCCCCCCCCCCCCCCCCC)N(CCO)CCO)N(CCO)CCO. The molecule has 0 rings (SSSR count). The largest absolute Gasteiger partial charge is 0.395 e. The first-order valence-corrected chi connectivity index (χ1v) is 43.5. The number of rotatable bonds is 82. The van der Waals surface area contributed by atoms with E-state index in [9.17, 15) is 20.4 Å². The standard InChI is InChI=1S/C82H169N2O7P/c1-5-9-13-17-21-25-29-33-37-41-45-49-53-57-61-65-69-81(83(73-77-85)74-78-86,70-66-62-58-54-50-46-42-38-34-30-26-22-18-14-10-6-2)90-92(89)91-82(84(75-79-87)76-80-88,71-67-63-59-55-51-47-43-39-35-31-27-23-19-15-11-7-3)72-68-64-60-56-52-48-44-40-36-32-28-24-20-16-12-8-4/h85-88,92H,5-80H2,1-4H3. The van der Waals surface area contributed by atoms with Gasteiger partial charge in [0, 0.05) is 26.2 Å². The summed E-state index contributed by atoms with van der Waals surface area (Å²) in [5.41, 5.74) is -1.92. The number of hydrogen-bond acceptors (Lipinski definition) is 9. The molecule has 0 aliphatic heterocycles.